The molecule has 0 amide bonds. The molecule has 1 atom stereocenters. The first-order valence-electron chi connectivity index (χ1n) is 5.99. The number of aryl methyl sites for hydroxylation is 1. The summed E-state index contributed by atoms with van der Waals surface area (Å²) in [6, 6.07) is 8.48. The van der Waals surface area contributed by atoms with Gasteiger partial charge in [0, 0.05) is 18.6 Å². The fourth-order valence-electron chi connectivity index (χ4n) is 2.41. The molecule has 0 saturated carbocycles. The summed E-state index contributed by atoms with van der Waals surface area (Å²) < 4.78 is 0. The van der Waals surface area contributed by atoms with Gasteiger partial charge in [-0.3, -0.25) is 4.90 Å². The third-order valence-corrected chi connectivity index (χ3v) is 3.93. The Balaban J connectivity index is 2.14. The van der Waals surface area contributed by atoms with Crippen molar-refractivity contribution in [2.75, 3.05) is 6.54 Å². The van der Waals surface area contributed by atoms with Crippen molar-refractivity contribution in [3.05, 3.63) is 35.4 Å². The first-order chi connectivity index (χ1) is 7.51. The second kappa shape index (κ2) is 4.19. The van der Waals surface area contributed by atoms with E-state index in [-0.39, 0.29) is 11.6 Å². The molecule has 0 radical (unpaired) electrons. The van der Waals surface area contributed by atoms with Crippen LogP contribution in [-0.4, -0.2) is 28.2 Å². The number of hydrogen-bond acceptors (Lipinski definition) is 2. The molecule has 2 heteroatoms. The fraction of sp³-hybridized carbons (Fsp3) is 0.571. The molecule has 1 aliphatic heterocycles. The Morgan fingerprint density at radius 1 is 1.38 bits per heavy atom. The highest BCUT2D eigenvalue weighted by Crippen LogP contribution is 2.30. The van der Waals surface area contributed by atoms with E-state index in [9.17, 15) is 5.11 Å². The van der Waals surface area contributed by atoms with Crippen LogP contribution < -0.4 is 0 Å². The van der Waals surface area contributed by atoms with Gasteiger partial charge in [0.2, 0.25) is 0 Å². The summed E-state index contributed by atoms with van der Waals surface area (Å²) in [4.78, 5) is 2.38. The monoisotopic (exact) mass is 219 g/mol. The predicted molar refractivity (Wildman–Crippen MR) is 66.3 cm³/mol. The molecular formula is C14H21NO. The standard InChI is InChI=1S/C14H21NO/c1-11-6-4-5-7-12(11)10-15-9-8-13(16)14(15,2)3/h4-7,13,16H,8-10H2,1-3H3. The zero-order chi connectivity index (χ0) is 11.8. The molecule has 1 aliphatic rings. The SMILES string of the molecule is Cc1ccccc1CN1CCC(O)C1(C)C. The van der Waals surface area contributed by atoms with Crippen LogP contribution in [-0.2, 0) is 6.54 Å². The van der Waals surface area contributed by atoms with Crippen molar-refractivity contribution in [3.8, 4) is 0 Å². The lowest BCUT2D eigenvalue weighted by atomic mass is 9.98. The lowest BCUT2D eigenvalue weighted by molar-refractivity contribution is 0.0505. The number of benzene rings is 1. The van der Waals surface area contributed by atoms with Gasteiger partial charge in [-0.05, 0) is 38.3 Å². The molecule has 1 heterocycles. The van der Waals surface area contributed by atoms with E-state index in [0.29, 0.717) is 0 Å². The molecule has 1 N–H and O–H groups in total. The van der Waals surface area contributed by atoms with Crippen LogP contribution in [0.1, 0.15) is 31.4 Å². The zero-order valence-electron chi connectivity index (χ0n) is 10.4. The van der Waals surface area contributed by atoms with Crippen LogP contribution in [0.25, 0.3) is 0 Å². The Morgan fingerprint density at radius 2 is 2.06 bits per heavy atom. The summed E-state index contributed by atoms with van der Waals surface area (Å²) in [5.41, 5.74) is 2.60. The molecule has 2 nitrogen and oxygen atoms in total. The molecule has 1 fully saturated rings. The maximum absolute atomic E-state index is 9.93. The van der Waals surface area contributed by atoms with Crippen molar-refractivity contribution >= 4 is 0 Å². The van der Waals surface area contributed by atoms with Gasteiger partial charge in [-0.25, -0.2) is 0 Å². The van der Waals surface area contributed by atoms with Crippen LogP contribution in [0.4, 0.5) is 0 Å². The molecule has 2 rings (SSSR count). The third kappa shape index (κ3) is 2.00. The second-order valence-corrected chi connectivity index (χ2v) is 5.31. The van der Waals surface area contributed by atoms with Gasteiger partial charge in [-0.2, -0.15) is 0 Å². The summed E-state index contributed by atoms with van der Waals surface area (Å²) in [6.07, 6.45) is 0.690. The number of rotatable bonds is 2. The van der Waals surface area contributed by atoms with Crippen LogP contribution in [0.3, 0.4) is 0 Å². The molecule has 1 saturated heterocycles. The normalized spacial score (nSPS) is 24.9. The topological polar surface area (TPSA) is 23.5 Å². The van der Waals surface area contributed by atoms with Crippen molar-refractivity contribution in [3.63, 3.8) is 0 Å². The molecule has 1 aromatic rings. The Bertz CT molecular complexity index is 373. The summed E-state index contributed by atoms with van der Waals surface area (Å²) in [6.45, 7) is 8.33. The summed E-state index contributed by atoms with van der Waals surface area (Å²) in [7, 11) is 0. The minimum absolute atomic E-state index is 0.0950. The molecule has 0 aromatic heterocycles. The zero-order valence-corrected chi connectivity index (χ0v) is 10.4. The minimum atomic E-state index is -0.198. The Kier molecular flexibility index (Phi) is 3.04. The lowest BCUT2D eigenvalue weighted by Crippen LogP contribution is -2.44. The van der Waals surface area contributed by atoms with Gasteiger partial charge in [0.05, 0.1) is 6.10 Å². The quantitative estimate of drug-likeness (QED) is 0.825. The van der Waals surface area contributed by atoms with E-state index >= 15 is 0 Å². The van der Waals surface area contributed by atoms with E-state index in [1.54, 1.807) is 0 Å². The average molecular weight is 219 g/mol. The molecule has 88 valence electrons. The summed E-state index contributed by atoms with van der Waals surface area (Å²) >= 11 is 0. The predicted octanol–water partition coefficient (Wildman–Crippen LogP) is 2.34. The minimum Gasteiger partial charge on any atom is -0.391 e. The number of likely N-dealkylation sites (tertiary alicyclic amines) is 1. The van der Waals surface area contributed by atoms with Gasteiger partial charge in [0.15, 0.2) is 0 Å². The molecule has 0 aliphatic carbocycles. The van der Waals surface area contributed by atoms with Crippen molar-refractivity contribution in [2.45, 2.75) is 45.4 Å². The van der Waals surface area contributed by atoms with Crippen molar-refractivity contribution in [1.82, 2.24) is 4.90 Å². The maximum Gasteiger partial charge on any atom is 0.0730 e. The van der Waals surface area contributed by atoms with Gasteiger partial charge >= 0.3 is 0 Å². The Labute approximate surface area is 97.9 Å². The average Bonchev–Trinajstić information content (AvgIpc) is 2.48. The van der Waals surface area contributed by atoms with Crippen LogP contribution in [0.15, 0.2) is 24.3 Å². The number of aliphatic hydroxyl groups is 1. The molecule has 0 spiro atoms. The maximum atomic E-state index is 9.93. The first kappa shape index (κ1) is 11.6. The van der Waals surface area contributed by atoms with Crippen LogP contribution >= 0.6 is 0 Å². The Morgan fingerprint density at radius 3 is 2.62 bits per heavy atom. The molecule has 16 heavy (non-hydrogen) atoms. The second-order valence-electron chi connectivity index (χ2n) is 5.31. The van der Waals surface area contributed by atoms with Crippen LogP contribution in [0.2, 0.25) is 0 Å². The van der Waals surface area contributed by atoms with Gasteiger partial charge in [-0.15, -0.1) is 0 Å². The van der Waals surface area contributed by atoms with Crippen molar-refractivity contribution < 1.29 is 5.11 Å². The van der Waals surface area contributed by atoms with Crippen molar-refractivity contribution in [2.24, 2.45) is 0 Å². The van der Waals surface area contributed by atoms with E-state index in [2.05, 4.69) is 49.9 Å². The Hall–Kier alpha value is -0.860. The highest BCUT2D eigenvalue weighted by Gasteiger charge is 2.39. The summed E-state index contributed by atoms with van der Waals surface area (Å²) in [5, 5.41) is 9.93. The molecule has 1 aromatic carbocycles. The molecular weight excluding hydrogens is 198 g/mol. The van der Waals surface area contributed by atoms with Gasteiger partial charge < -0.3 is 5.11 Å². The molecule has 1 unspecified atom stereocenters. The number of nitrogens with zero attached hydrogens (tertiary/aromatic N) is 1. The van der Waals surface area contributed by atoms with Gasteiger partial charge in [0.25, 0.3) is 0 Å². The van der Waals surface area contributed by atoms with Crippen LogP contribution in [0.5, 0.6) is 0 Å². The summed E-state index contributed by atoms with van der Waals surface area (Å²) in [5.74, 6) is 0. The van der Waals surface area contributed by atoms with Crippen LogP contribution in [0, 0.1) is 6.92 Å². The number of aliphatic hydroxyl groups excluding tert-OH is 1. The number of hydrogen-bond donors (Lipinski definition) is 1. The largest absolute Gasteiger partial charge is 0.391 e. The fourth-order valence-corrected chi connectivity index (χ4v) is 2.41. The van der Waals surface area contributed by atoms with E-state index in [1.165, 1.54) is 11.1 Å². The first-order valence-corrected chi connectivity index (χ1v) is 5.99. The van der Waals surface area contributed by atoms with E-state index < -0.39 is 0 Å². The highest BCUT2D eigenvalue weighted by atomic mass is 16.3. The smallest absolute Gasteiger partial charge is 0.0730 e. The van der Waals surface area contributed by atoms with E-state index in [1.807, 2.05) is 0 Å². The van der Waals surface area contributed by atoms with Gasteiger partial charge in [0.1, 0.15) is 0 Å². The third-order valence-electron chi connectivity index (χ3n) is 3.93. The van der Waals surface area contributed by atoms with E-state index in [0.717, 1.165) is 19.5 Å². The molecule has 0 bridgehead atoms. The highest BCUT2D eigenvalue weighted by molar-refractivity contribution is 5.25. The van der Waals surface area contributed by atoms with Gasteiger partial charge in [-0.1, -0.05) is 24.3 Å². The lowest BCUT2D eigenvalue weighted by Gasteiger charge is -2.34. The van der Waals surface area contributed by atoms with E-state index in [4.69, 9.17) is 0 Å². The van der Waals surface area contributed by atoms with Crippen molar-refractivity contribution in [1.29, 1.82) is 0 Å².